The molecule has 1 saturated heterocycles. The normalized spacial score (nSPS) is 19.6. The molecule has 0 spiro atoms. The summed E-state index contributed by atoms with van der Waals surface area (Å²) in [5.41, 5.74) is 4.18. The van der Waals surface area contributed by atoms with Crippen molar-refractivity contribution >= 4 is 46.0 Å². The molecule has 6 rings (SSSR count). The van der Waals surface area contributed by atoms with Gasteiger partial charge in [0.25, 0.3) is 0 Å². The third kappa shape index (κ3) is 4.46. The molecule has 0 saturated carbocycles. The lowest BCUT2D eigenvalue weighted by molar-refractivity contribution is -0.0289. The topological polar surface area (TPSA) is 102 Å². The van der Waals surface area contributed by atoms with Crippen molar-refractivity contribution in [1.29, 1.82) is 0 Å². The van der Waals surface area contributed by atoms with Gasteiger partial charge in [0.05, 0.1) is 41.3 Å². The molecule has 10 nitrogen and oxygen atoms in total. The number of aliphatic imine (C=N–C) groups is 1. The summed E-state index contributed by atoms with van der Waals surface area (Å²) in [6.45, 7) is 4.35. The average molecular weight is 505 g/mol. The molecular weight excluding hydrogens is 480 g/mol. The molecule has 0 aliphatic carbocycles. The molecule has 2 atom stereocenters. The van der Waals surface area contributed by atoms with E-state index in [1.807, 2.05) is 48.0 Å². The standard InChI is InChI=1S/C25H25ClN8O2/c1-15-12-34(7-8-35-15)25-27-11-20-23(32-25)24(29-13-28-20)31-16-3-6-22(18(26)9-16)36-17-4-5-21-19(10-17)30-14-33(21)2/h3-6,9-11,13-15,25,32H,7-8,12H2,1-2H3,(H,28,29,31). The predicted octanol–water partition coefficient (Wildman–Crippen LogP) is 4.40. The fraction of sp³-hybridized carbons (Fsp3) is 0.280. The summed E-state index contributed by atoms with van der Waals surface area (Å²) in [5, 5.41) is 7.29. The quantitative estimate of drug-likeness (QED) is 0.412. The Balaban J connectivity index is 1.19. The van der Waals surface area contributed by atoms with Crippen LogP contribution in [0.15, 0.2) is 54.0 Å². The maximum Gasteiger partial charge on any atom is 0.176 e. The number of imidazole rings is 1. The first-order chi connectivity index (χ1) is 17.5. The number of nitrogens with one attached hydrogen (secondary N) is 2. The number of hydrogen-bond donors (Lipinski definition) is 2. The van der Waals surface area contributed by atoms with E-state index in [2.05, 4.69) is 42.4 Å². The molecule has 2 aliphatic rings. The highest BCUT2D eigenvalue weighted by Gasteiger charge is 2.27. The van der Waals surface area contributed by atoms with Crippen LogP contribution in [0.5, 0.6) is 11.5 Å². The molecule has 2 aromatic carbocycles. The highest BCUT2D eigenvalue weighted by molar-refractivity contribution is 6.32. The number of fused-ring (bicyclic) bond motifs is 2. The monoisotopic (exact) mass is 504 g/mol. The molecule has 2 aliphatic heterocycles. The van der Waals surface area contributed by atoms with Crippen LogP contribution in [0.2, 0.25) is 5.02 Å². The predicted molar refractivity (Wildman–Crippen MR) is 140 cm³/mol. The van der Waals surface area contributed by atoms with Crippen molar-refractivity contribution in [3.63, 3.8) is 0 Å². The van der Waals surface area contributed by atoms with Gasteiger partial charge < -0.3 is 24.7 Å². The first-order valence-electron chi connectivity index (χ1n) is 11.7. The molecule has 2 unspecified atom stereocenters. The molecule has 2 aromatic heterocycles. The maximum absolute atomic E-state index is 6.58. The number of morpholine rings is 1. The number of aryl methyl sites for hydroxylation is 1. The lowest BCUT2D eigenvalue weighted by Gasteiger charge is -2.37. The molecule has 184 valence electrons. The minimum atomic E-state index is -0.203. The number of aromatic nitrogens is 4. The summed E-state index contributed by atoms with van der Waals surface area (Å²) in [4.78, 5) is 20.1. The van der Waals surface area contributed by atoms with Gasteiger partial charge in [-0.05, 0) is 37.3 Å². The third-order valence-electron chi connectivity index (χ3n) is 6.23. The second-order valence-corrected chi connectivity index (χ2v) is 9.24. The number of hydrogen-bond acceptors (Lipinski definition) is 9. The van der Waals surface area contributed by atoms with Crippen molar-refractivity contribution in [3.8, 4) is 11.5 Å². The van der Waals surface area contributed by atoms with Crippen molar-refractivity contribution in [2.45, 2.75) is 19.3 Å². The average Bonchev–Trinajstić information content (AvgIpc) is 3.25. The largest absolute Gasteiger partial charge is 0.456 e. The molecule has 1 fully saturated rings. The fourth-order valence-corrected chi connectivity index (χ4v) is 4.62. The van der Waals surface area contributed by atoms with Crippen LogP contribution < -0.4 is 15.4 Å². The van der Waals surface area contributed by atoms with Gasteiger partial charge in [0.2, 0.25) is 0 Å². The fourth-order valence-electron chi connectivity index (χ4n) is 4.40. The van der Waals surface area contributed by atoms with E-state index < -0.39 is 0 Å². The molecule has 0 bridgehead atoms. The number of halogens is 1. The Morgan fingerprint density at radius 2 is 2.08 bits per heavy atom. The summed E-state index contributed by atoms with van der Waals surface area (Å²) < 4.78 is 13.7. The SMILES string of the molecule is CC1CN(C2N=Cc3ncnc(Nc4ccc(Oc5ccc6c(c5)ncn6C)c(Cl)c4)c3N2)CCO1. The number of rotatable bonds is 5. The zero-order chi connectivity index (χ0) is 24.6. The van der Waals surface area contributed by atoms with Gasteiger partial charge in [0.1, 0.15) is 29.2 Å². The minimum Gasteiger partial charge on any atom is -0.456 e. The number of nitrogens with zero attached hydrogens (tertiary/aromatic N) is 6. The summed E-state index contributed by atoms with van der Waals surface area (Å²) in [5.74, 6) is 1.86. The Bertz CT molecular complexity index is 1460. The van der Waals surface area contributed by atoms with Gasteiger partial charge in [0, 0.05) is 31.9 Å². The van der Waals surface area contributed by atoms with E-state index in [9.17, 15) is 0 Å². The zero-order valence-corrected chi connectivity index (χ0v) is 20.6. The van der Waals surface area contributed by atoms with Crippen LogP contribution in [0.25, 0.3) is 11.0 Å². The third-order valence-corrected chi connectivity index (χ3v) is 6.52. The minimum absolute atomic E-state index is 0.163. The van der Waals surface area contributed by atoms with E-state index in [1.165, 1.54) is 6.33 Å². The van der Waals surface area contributed by atoms with Gasteiger partial charge in [-0.1, -0.05) is 11.6 Å². The van der Waals surface area contributed by atoms with Crippen LogP contribution in [0.4, 0.5) is 17.2 Å². The van der Waals surface area contributed by atoms with Gasteiger partial charge in [-0.2, -0.15) is 0 Å². The molecular formula is C25H25ClN8O2. The highest BCUT2D eigenvalue weighted by atomic mass is 35.5. The number of ether oxygens (including phenoxy) is 2. The highest BCUT2D eigenvalue weighted by Crippen LogP contribution is 2.35. The van der Waals surface area contributed by atoms with Crippen molar-refractivity contribution < 1.29 is 9.47 Å². The Labute approximate surface area is 212 Å². The lowest BCUT2D eigenvalue weighted by Crippen LogP contribution is -2.50. The Morgan fingerprint density at radius 1 is 1.17 bits per heavy atom. The lowest BCUT2D eigenvalue weighted by atomic mass is 10.2. The van der Waals surface area contributed by atoms with Crippen molar-refractivity contribution in [2.75, 3.05) is 30.3 Å². The van der Waals surface area contributed by atoms with E-state index in [0.29, 0.717) is 28.9 Å². The smallest absolute Gasteiger partial charge is 0.176 e. The second kappa shape index (κ2) is 9.38. The van der Waals surface area contributed by atoms with Gasteiger partial charge in [0.15, 0.2) is 12.1 Å². The van der Waals surface area contributed by atoms with E-state index >= 15 is 0 Å². The van der Waals surface area contributed by atoms with Crippen LogP contribution in [0.1, 0.15) is 12.6 Å². The Morgan fingerprint density at radius 3 is 2.94 bits per heavy atom. The summed E-state index contributed by atoms with van der Waals surface area (Å²) in [6, 6.07) is 11.3. The molecule has 4 aromatic rings. The molecule has 36 heavy (non-hydrogen) atoms. The number of benzene rings is 2. The first kappa shape index (κ1) is 22.7. The maximum atomic E-state index is 6.58. The van der Waals surface area contributed by atoms with Crippen LogP contribution >= 0.6 is 11.6 Å². The Hall–Kier alpha value is -3.73. The first-order valence-corrected chi connectivity index (χ1v) is 12.1. The van der Waals surface area contributed by atoms with Crippen LogP contribution in [-0.2, 0) is 11.8 Å². The van der Waals surface area contributed by atoms with E-state index in [4.69, 9.17) is 21.1 Å². The molecule has 4 heterocycles. The van der Waals surface area contributed by atoms with Gasteiger partial charge in [-0.3, -0.25) is 9.89 Å². The van der Waals surface area contributed by atoms with Crippen molar-refractivity contribution in [1.82, 2.24) is 24.4 Å². The second-order valence-electron chi connectivity index (χ2n) is 8.83. The summed E-state index contributed by atoms with van der Waals surface area (Å²) >= 11 is 6.58. The molecule has 2 N–H and O–H groups in total. The van der Waals surface area contributed by atoms with Gasteiger partial charge in [-0.25, -0.2) is 15.0 Å². The van der Waals surface area contributed by atoms with Crippen LogP contribution in [0.3, 0.4) is 0 Å². The van der Waals surface area contributed by atoms with Crippen LogP contribution in [0, 0.1) is 0 Å². The Kier molecular flexibility index (Phi) is 5.92. The van der Waals surface area contributed by atoms with Gasteiger partial charge >= 0.3 is 0 Å². The summed E-state index contributed by atoms with van der Waals surface area (Å²) in [6.07, 6.45) is 5.03. The van der Waals surface area contributed by atoms with Crippen molar-refractivity contribution in [2.24, 2.45) is 12.0 Å². The molecule has 11 heteroatoms. The van der Waals surface area contributed by atoms with E-state index in [-0.39, 0.29) is 12.4 Å². The zero-order valence-electron chi connectivity index (χ0n) is 19.8. The van der Waals surface area contributed by atoms with E-state index in [1.54, 1.807) is 12.5 Å². The number of anilines is 3. The van der Waals surface area contributed by atoms with Crippen LogP contribution in [-0.4, -0.2) is 62.7 Å². The van der Waals surface area contributed by atoms with E-state index in [0.717, 1.165) is 41.2 Å². The van der Waals surface area contributed by atoms with Crippen molar-refractivity contribution in [3.05, 3.63) is 59.8 Å². The van der Waals surface area contributed by atoms with Gasteiger partial charge in [-0.15, -0.1) is 0 Å². The molecule has 0 radical (unpaired) electrons. The summed E-state index contributed by atoms with van der Waals surface area (Å²) in [7, 11) is 1.96. The molecule has 0 amide bonds.